The topological polar surface area (TPSA) is 91.7 Å². The van der Waals surface area contributed by atoms with Gasteiger partial charge in [-0.15, -0.1) is 0 Å². The van der Waals surface area contributed by atoms with Crippen LogP contribution in [0.2, 0.25) is 0 Å². The molecule has 8 nitrogen and oxygen atoms in total. The third-order valence-electron chi connectivity index (χ3n) is 7.06. The van der Waals surface area contributed by atoms with Crippen molar-refractivity contribution < 1.29 is 14.6 Å². The number of para-hydroxylation sites is 2. The SMILES string of the molecule is COc1ccccc1NC(=O)CCN1C(=S)N[C@@H](c2ccccn2)[C@H]1c1cc(C)n(-c2ccc(O)cc2)c1C. The Bertz CT molecular complexity index is 1490. The molecule has 2 aromatic carbocycles. The first kappa shape index (κ1) is 26.2. The molecule has 2 atom stereocenters. The third kappa shape index (κ3) is 5.31. The lowest BCUT2D eigenvalue weighted by molar-refractivity contribution is -0.116. The van der Waals surface area contributed by atoms with Crippen molar-refractivity contribution in [3.63, 3.8) is 0 Å². The number of thiocarbonyl (C=S) groups is 1. The molecule has 3 heterocycles. The summed E-state index contributed by atoms with van der Waals surface area (Å²) in [6.45, 7) is 4.56. The Balaban J connectivity index is 1.46. The van der Waals surface area contributed by atoms with Gasteiger partial charge >= 0.3 is 0 Å². The summed E-state index contributed by atoms with van der Waals surface area (Å²) in [5, 5.41) is 16.8. The molecular formula is C30H31N5O3S. The first-order valence-electron chi connectivity index (χ1n) is 12.8. The molecule has 3 N–H and O–H groups in total. The lowest BCUT2D eigenvalue weighted by atomic mass is 9.96. The van der Waals surface area contributed by atoms with E-state index in [-0.39, 0.29) is 30.2 Å². The predicted molar refractivity (Wildman–Crippen MR) is 155 cm³/mol. The van der Waals surface area contributed by atoms with Crippen molar-refractivity contribution in [2.45, 2.75) is 32.4 Å². The van der Waals surface area contributed by atoms with Crippen LogP contribution in [0.5, 0.6) is 11.5 Å². The van der Waals surface area contributed by atoms with E-state index in [9.17, 15) is 9.90 Å². The number of hydrogen-bond acceptors (Lipinski definition) is 5. The highest BCUT2D eigenvalue weighted by atomic mass is 32.1. The standard InChI is InChI=1S/C30H31N5O3S/c1-19-18-23(20(2)35(19)21-11-13-22(36)14-12-21)29-28(25-9-6-7-16-31-25)33-30(39)34(29)17-15-27(37)32-24-8-4-5-10-26(24)38-3/h4-14,16,18,28-29,36H,15,17H2,1-3H3,(H,32,37)(H,33,39)/t28-,29+/m0/s1. The average molecular weight is 542 g/mol. The maximum atomic E-state index is 13.0. The van der Waals surface area contributed by atoms with Crippen LogP contribution >= 0.6 is 12.2 Å². The van der Waals surface area contributed by atoms with E-state index in [2.05, 4.69) is 45.0 Å². The molecule has 1 amide bonds. The number of aromatic hydroxyl groups is 1. The van der Waals surface area contributed by atoms with Crippen LogP contribution in [-0.2, 0) is 4.79 Å². The molecule has 0 unspecified atom stereocenters. The fraction of sp³-hybridized carbons (Fsp3) is 0.233. The predicted octanol–water partition coefficient (Wildman–Crippen LogP) is 5.20. The van der Waals surface area contributed by atoms with E-state index in [1.54, 1.807) is 25.4 Å². The molecule has 200 valence electrons. The number of anilines is 1. The Hall–Kier alpha value is -4.37. The van der Waals surface area contributed by atoms with Crippen LogP contribution in [0.3, 0.4) is 0 Å². The van der Waals surface area contributed by atoms with Gasteiger partial charge in [0, 0.05) is 36.2 Å². The molecule has 4 aromatic rings. The number of aryl methyl sites for hydroxylation is 1. The maximum Gasteiger partial charge on any atom is 0.226 e. The molecule has 1 saturated heterocycles. The molecule has 5 rings (SSSR count). The Morgan fingerprint density at radius 2 is 1.85 bits per heavy atom. The number of rotatable bonds is 8. The van der Waals surface area contributed by atoms with Gasteiger partial charge in [0.1, 0.15) is 11.5 Å². The van der Waals surface area contributed by atoms with Gasteiger partial charge in [0.2, 0.25) is 5.91 Å². The average Bonchev–Trinajstić information content (AvgIpc) is 3.43. The highest BCUT2D eigenvalue weighted by Gasteiger charge is 2.41. The quantitative estimate of drug-likeness (QED) is 0.264. The van der Waals surface area contributed by atoms with Crippen LogP contribution in [-0.4, -0.2) is 44.2 Å². The number of pyridine rings is 1. The molecule has 0 bridgehead atoms. The van der Waals surface area contributed by atoms with E-state index >= 15 is 0 Å². The first-order valence-corrected chi connectivity index (χ1v) is 13.2. The number of amides is 1. The van der Waals surface area contributed by atoms with Gasteiger partial charge in [0.05, 0.1) is 30.6 Å². The van der Waals surface area contributed by atoms with Crippen molar-refractivity contribution in [1.29, 1.82) is 0 Å². The van der Waals surface area contributed by atoms with E-state index in [1.807, 2.05) is 54.6 Å². The molecule has 1 aliphatic rings. The summed E-state index contributed by atoms with van der Waals surface area (Å²) in [6, 6.07) is 22.2. The number of ether oxygens (including phenoxy) is 1. The van der Waals surface area contributed by atoms with Crippen LogP contribution in [0, 0.1) is 13.8 Å². The number of aromatic nitrogens is 2. The van der Waals surface area contributed by atoms with Crippen molar-refractivity contribution in [2.24, 2.45) is 0 Å². The van der Waals surface area contributed by atoms with Crippen molar-refractivity contribution in [3.05, 3.63) is 102 Å². The van der Waals surface area contributed by atoms with Gasteiger partial charge in [-0.3, -0.25) is 9.78 Å². The number of benzene rings is 2. The summed E-state index contributed by atoms with van der Waals surface area (Å²) in [6.07, 6.45) is 2.02. The molecule has 39 heavy (non-hydrogen) atoms. The summed E-state index contributed by atoms with van der Waals surface area (Å²) >= 11 is 5.81. The fourth-order valence-electron chi connectivity index (χ4n) is 5.25. The zero-order chi connectivity index (χ0) is 27.5. The van der Waals surface area contributed by atoms with E-state index in [4.69, 9.17) is 17.0 Å². The molecule has 0 radical (unpaired) electrons. The molecule has 0 spiro atoms. The van der Waals surface area contributed by atoms with Gasteiger partial charge in [0.15, 0.2) is 5.11 Å². The van der Waals surface area contributed by atoms with Crippen LogP contribution in [0.1, 0.15) is 41.1 Å². The summed E-state index contributed by atoms with van der Waals surface area (Å²) in [7, 11) is 1.58. The lowest BCUT2D eigenvalue weighted by Gasteiger charge is -2.28. The van der Waals surface area contributed by atoms with E-state index in [0.717, 1.165) is 28.3 Å². The second kappa shape index (κ2) is 11.2. The number of nitrogens with one attached hydrogen (secondary N) is 2. The zero-order valence-corrected chi connectivity index (χ0v) is 22.9. The van der Waals surface area contributed by atoms with Crippen LogP contribution < -0.4 is 15.4 Å². The normalized spacial score (nSPS) is 16.7. The maximum absolute atomic E-state index is 13.0. The minimum Gasteiger partial charge on any atom is -0.508 e. The fourth-order valence-corrected chi connectivity index (χ4v) is 5.59. The van der Waals surface area contributed by atoms with Gasteiger partial charge in [-0.25, -0.2) is 0 Å². The van der Waals surface area contributed by atoms with Crippen molar-refractivity contribution in [3.8, 4) is 17.2 Å². The minimum atomic E-state index is -0.190. The van der Waals surface area contributed by atoms with Crippen LogP contribution in [0.15, 0.2) is 79.0 Å². The number of phenols is 1. The molecule has 1 aliphatic heterocycles. The van der Waals surface area contributed by atoms with Gasteiger partial charge in [-0.05, 0) is 86.2 Å². The minimum absolute atomic E-state index is 0.128. The Morgan fingerprint density at radius 3 is 2.56 bits per heavy atom. The van der Waals surface area contributed by atoms with Crippen LogP contribution in [0.25, 0.3) is 5.69 Å². The number of carbonyl (C=O) groups is 1. The largest absolute Gasteiger partial charge is 0.508 e. The second-order valence-electron chi connectivity index (χ2n) is 9.50. The Morgan fingerprint density at radius 1 is 1.10 bits per heavy atom. The number of methoxy groups -OCH3 is 1. The second-order valence-corrected chi connectivity index (χ2v) is 9.88. The number of phenolic OH excluding ortho intramolecular Hbond substituents is 1. The molecule has 0 saturated carbocycles. The third-order valence-corrected chi connectivity index (χ3v) is 7.41. The van der Waals surface area contributed by atoms with E-state index < -0.39 is 0 Å². The van der Waals surface area contributed by atoms with E-state index in [0.29, 0.717) is 23.1 Å². The van der Waals surface area contributed by atoms with Crippen molar-refractivity contribution in [2.75, 3.05) is 19.0 Å². The van der Waals surface area contributed by atoms with Gasteiger partial charge in [-0.2, -0.15) is 0 Å². The number of carbonyl (C=O) groups excluding carboxylic acids is 1. The Kier molecular flexibility index (Phi) is 7.51. The van der Waals surface area contributed by atoms with Crippen LogP contribution in [0.4, 0.5) is 5.69 Å². The molecule has 2 aromatic heterocycles. The summed E-state index contributed by atoms with van der Waals surface area (Å²) < 4.78 is 7.53. The molecule has 9 heteroatoms. The van der Waals surface area contributed by atoms with Gasteiger partial charge < -0.3 is 29.9 Å². The van der Waals surface area contributed by atoms with E-state index in [1.165, 1.54) is 0 Å². The Labute approximate surface area is 233 Å². The number of hydrogen-bond donors (Lipinski definition) is 3. The zero-order valence-electron chi connectivity index (χ0n) is 22.1. The summed E-state index contributed by atoms with van der Waals surface area (Å²) in [5.41, 5.74) is 5.67. The number of nitrogens with zero attached hydrogens (tertiary/aromatic N) is 3. The molecule has 0 aliphatic carbocycles. The summed E-state index contributed by atoms with van der Waals surface area (Å²) in [5.74, 6) is 0.704. The van der Waals surface area contributed by atoms with Gasteiger partial charge in [0.25, 0.3) is 0 Å². The highest BCUT2D eigenvalue weighted by Crippen LogP contribution is 2.41. The van der Waals surface area contributed by atoms with Crippen molar-refractivity contribution in [1.82, 2.24) is 19.8 Å². The summed E-state index contributed by atoms with van der Waals surface area (Å²) in [4.78, 5) is 19.7. The monoisotopic (exact) mass is 541 g/mol. The molecule has 1 fully saturated rings. The highest BCUT2D eigenvalue weighted by molar-refractivity contribution is 7.80. The first-order chi connectivity index (χ1) is 18.9. The van der Waals surface area contributed by atoms with Gasteiger partial charge in [-0.1, -0.05) is 18.2 Å². The smallest absolute Gasteiger partial charge is 0.226 e. The lowest BCUT2D eigenvalue weighted by Crippen LogP contribution is -2.33. The molecular weight excluding hydrogens is 510 g/mol. The van der Waals surface area contributed by atoms with Crippen molar-refractivity contribution >= 4 is 28.9 Å².